The lowest BCUT2D eigenvalue weighted by atomic mass is 11.7. The molecule has 0 radical (unpaired) electrons. The monoisotopic (exact) mass is 300 g/mol. The molecule has 0 saturated heterocycles. The second-order valence-electron chi connectivity index (χ2n) is 4.12. The molecular weight excluding hydrogens is 276 g/mol. The quantitative estimate of drug-likeness (QED) is 0.655. The summed E-state index contributed by atoms with van der Waals surface area (Å²) in [5.74, 6) is 0. The second-order valence-corrected chi connectivity index (χ2v) is 18.9. The molecule has 0 bridgehead atoms. The fourth-order valence-corrected chi connectivity index (χ4v) is 14.2. The minimum Gasteiger partial charge on any atom is -0.415 e. The predicted molar refractivity (Wildman–Crippen MR) is 71.1 cm³/mol. The summed E-state index contributed by atoms with van der Waals surface area (Å²) in [6.45, 7) is 5.56. The third-order valence-corrected chi connectivity index (χ3v) is 20.3. The van der Waals surface area contributed by atoms with Crippen molar-refractivity contribution in [1.82, 2.24) is 0 Å². The molecule has 0 rings (SSSR count). The summed E-state index contributed by atoms with van der Waals surface area (Å²) in [7, 11) is -1.61. The van der Waals surface area contributed by atoms with Crippen molar-refractivity contribution < 1.29 is 26.9 Å². The molecule has 0 amide bonds. The summed E-state index contributed by atoms with van der Waals surface area (Å²) in [6.07, 6.45) is -0.0576. The first-order valence-electron chi connectivity index (χ1n) is 5.28. The Labute approximate surface area is 106 Å². The summed E-state index contributed by atoms with van der Waals surface area (Å²) in [5, 5.41) is 9.54. The molecule has 0 saturated carbocycles. The van der Waals surface area contributed by atoms with Gasteiger partial charge in [-0.15, -0.1) is 0 Å². The molecule has 0 aromatic rings. The van der Waals surface area contributed by atoms with Crippen LogP contribution in [0.2, 0.25) is 19.6 Å². The lowest BCUT2D eigenvalue weighted by molar-refractivity contribution is 0.145. The highest BCUT2D eigenvalue weighted by Crippen LogP contribution is 2.26. The third kappa shape index (κ3) is 3.69. The van der Waals surface area contributed by atoms with Crippen LogP contribution in [0.25, 0.3) is 0 Å². The molecule has 0 aliphatic heterocycles. The van der Waals surface area contributed by atoms with E-state index in [2.05, 4.69) is 0 Å². The van der Waals surface area contributed by atoms with Gasteiger partial charge in [0.2, 0.25) is 0 Å². The van der Waals surface area contributed by atoms with Gasteiger partial charge < -0.3 is 26.9 Å². The highest BCUT2D eigenvalue weighted by molar-refractivity contribution is 7.34. The Balaban J connectivity index is 5.15. The van der Waals surface area contributed by atoms with E-state index in [9.17, 15) is 5.11 Å². The van der Waals surface area contributed by atoms with Crippen molar-refractivity contribution >= 4 is 24.7 Å². The SMILES string of the molecule is CO[Si](C)(OC)O[Si](C)(OC)[Si](C)(CO)OC. The summed E-state index contributed by atoms with van der Waals surface area (Å²) in [4.78, 5) is 0. The lowest BCUT2D eigenvalue weighted by Crippen LogP contribution is -2.70. The van der Waals surface area contributed by atoms with Gasteiger partial charge in [0.05, 0.1) is 6.23 Å². The largest absolute Gasteiger partial charge is 0.488 e. The Hall–Kier alpha value is 0.411. The fraction of sp³-hybridized carbons (Fsp3) is 1.00. The Morgan fingerprint density at radius 3 is 1.53 bits per heavy atom. The van der Waals surface area contributed by atoms with E-state index in [0.717, 1.165) is 0 Å². The zero-order valence-corrected chi connectivity index (χ0v) is 14.7. The van der Waals surface area contributed by atoms with E-state index in [-0.39, 0.29) is 6.23 Å². The molecular formula is C8H24O6Si3. The average molecular weight is 301 g/mol. The number of hydrogen-bond acceptors (Lipinski definition) is 6. The van der Waals surface area contributed by atoms with Crippen LogP contribution in [0.1, 0.15) is 0 Å². The van der Waals surface area contributed by atoms with E-state index in [4.69, 9.17) is 21.8 Å². The number of aliphatic hydroxyl groups is 1. The maximum absolute atomic E-state index is 9.54. The molecule has 0 aliphatic rings. The highest BCUT2D eigenvalue weighted by atomic mass is 29.3. The van der Waals surface area contributed by atoms with Crippen molar-refractivity contribution in [3.8, 4) is 0 Å². The maximum Gasteiger partial charge on any atom is 0.488 e. The Kier molecular flexibility index (Phi) is 6.70. The van der Waals surface area contributed by atoms with E-state index in [1.54, 1.807) is 35.0 Å². The summed E-state index contributed by atoms with van der Waals surface area (Å²) in [6, 6.07) is 0. The van der Waals surface area contributed by atoms with E-state index < -0.39 is 24.7 Å². The first kappa shape index (κ1) is 17.4. The first-order valence-corrected chi connectivity index (χ1v) is 13.4. The van der Waals surface area contributed by atoms with Crippen molar-refractivity contribution in [1.29, 1.82) is 0 Å². The molecule has 2 atom stereocenters. The fourth-order valence-electron chi connectivity index (χ4n) is 1.28. The van der Waals surface area contributed by atoms with E-state index in [1.165, 1.54) is 0 Å². The van der Waals surface area contributed by atoms with Gasteiger partial charge in [0.25, 0.3) is 7.83 Å². The minimum absolute atomic E-state index is 0.0576. The summed E-state index contributed by atoms with van der Waals surface area (Å²) < 4.78 is 27.7. The zero-order valence-electron chi connectivity index (χ0n) is 11.7. The van der Waals surface area contributed by atoms with Crippen molar-refractivity contribution in [2.45, 2.75) is 19.6 Å². The van der Waals surface area contributed by atoms with Gasteiger partial charge in [0, 0.05) is 35.0 Å². The highest BCUT2D eigenvalue weighted by Gasteiger charge is 2.58. The molecule has 6 nitrogen and oxygen atoms in total. The van der Waals surface area contributed by atoms with E-state index >= 15 is 0 Å². The molecule has 2 unspecified atom stereocenters. The molecule has 9 heteroatoms. The Morgan fingerprint density at radius 1 is 0.824 bits per heavy atom. The maximum atomic E-state index is 9.54. The summed E-state index contributed by atoms with van der Waals surface area (Å²) >= 11 is 0. The van der Waals surface area contributed by atoms with Crippen molar-refractivity contribution in [2.75, 3.05) is 34.7 Å². The molecule has 0 fully saturated rings. The van der Waals surface area contributed by atoms with Crippen LogP contribution in [0.15, 0.2) is 0 Å². The van der Waals surface area contributed by atoms with Gasteiger partial charge in [-0.3, -0.25) is 0 Å². The number of rotatable bonds is 8. The molecule has 104 valence electrons. The van der Waals surface area contributed by atoms with Gasteiger partial charge >= 0.3 is 16.9 Å². The Morgan fingerprint density at radius 2 is 1.29 bits per heavy atom. The molecule has 0 heterocycles. The van der Waals surface area contributed by atoms with Gasteiger partial charge in [-0.25, -0.2) is 0 Å². The number of aliphatic hydroxyl groups excluding tert-OH is 1. The van der Waals surface area contributed by atoms with Gasteiger partial charge in [-0.2, -0.15) is 0 Å². The molecule has 0 spiro atoms. The van der Waals surface area contributed by atoms with Crippen molar-refractivity contribution in [2.24, 2.45) is 0 Å². The standard InChI is InChI=1S/C8H24O6Si3/c1-10-15(5,8-9)17(7,13-4)14-16(6,11-2)12-3/h9H,8H2,1-7H3. The van der Waals surface area contributed by atoms with E-state index in [1.807, 2.05) is 13.1 Å². The van der Waals surface area contributed by atoms with Crippen LogP contribution in [-0.2, 0) is 21.8 Å². The van der Waals surface area contributed by atoms with Crippen LogP contribution >= 0.6 is 0 Å². The van der Waals surface area contributed by atoms with Crippen LogP contribution in [0.5, 0.6) is 0 Å². The molecule has 0 aromatic heterocycles. The normalized spacial score (nSPS) is 19.8. The molecule has 0 aromatic carbocycles. The van der Waals surface area contributed by atoms with Gasteiger partial charge in [-0.1, -0.05) is 0 Å². The van der Waals surface area contributed by atoms with E-state index in [0.29, 0.717) is 0 Å². The summed E-state index contributed by atoms with van der Waals surface area (Å²) in [5.41, 5.74) is 0. The van der Waals surface area contributed by atoms with Crippen molar-refractivity contribution in [3.63, 3.8) is 0 Å². The smallest absolute Gasteiger partial charge is 0.415 e. The van der Waals surface area contributed by atoms with Crippen LogP contribution in [0, 0.1) is 0 Å². The molecule has 17 heavy (non-hydrogen) atoms. The average Bonchev–Trinajstić information content (AvgIpc) is 2.37. The predicted octanol–water partition coefficient (Wildman–Crippen LogP) is 0.414. The van der Waals surface area contributed by atoms with Crippen LogP contribution in [0.3, 0.4) is 0 Å². The number of hydrogen-bond donors (Lipinski definition) is 1. The van der Waals surface area contributed by atoms with Gasteiger partial charge in [-0.05, 0) is 13.1 Å². The van der Waals surface area contributed by atoms with Gasteiger partial charge in [0.15, 0.2) is 0 Å². The van der Waals surface area contributed by atoms with Crippen LogP contribution in [-0.4, -0.2) is 64.5 Å². The topological polar surface area (TPSA) is 66.4 Å². The van der Waals surface area contributed by atoms with Crippen LogP contribution < -0.4 is 0 Å². The molecule has 0 aliphatic carbocycles. The molecule has 1 N–H and O–H groups in total. The zero-order chi connectivity index (χ0) is 13.7. The Bertz CT molecular complexity index is 233. The van der Waals surface area contributed by atoms with Crippen molar-refractivity contribution in [3.05, 3.63) is 0 Å². The van der Waals surface area contributed by atoms with Crippen LogP contribution in [0.4, 0.5) is 0 Å². The lowest BCUT2D eigenvalue weighted by Gasteiger charge is -2.41. The second kappa shape index (κ2) is 6.54. The third-order valence-electron chi connectivity index (χ3n) is 3.22. The van der Waals surface area contributed by atoms with Gasteiger partial charge in [0.1, 0.15) is 0 Å². The minimum atomic E-state index is -2.72. The first-order chi connectivity index (χ1) is 7.76.